The Kier molecular flexibility index (Phi) is 68.8. The second-order valence-electron chi connectivity index (χ2n) is 19.6. The summed E-state index contributed by atoms with van der Waals surface area (Å²) in [5.41, 5.74) is 0.627. The van der Waals surface area contributed by atoms with Crippen LogP contribution >= 0.6 is 86.9 Å². The first-order valence-corrected chi connectivity index (χ1v) is 34.9. The van der Waals surface area contributed by atoms with Crippen molar-refractivity contribution in [3.8, 4) is 23.0 Å². The van der Waals surface area contributed by atoms with E-state index in [1.54, 1.807) is 40.6 Å². The number of carboxylic acid groups (broad SMARTS) is 1. The third-order valence-electron chi connectivity index (χ3n) is 12.8. The Labute approximate surface area is 519 Å². The summed E-state index contributed by atoms with van der Waals surface area (Å²) in [5, 5.41) is 12.6. The van der Waals surface area contributed by atoms with Crippen molar-refractivity contribution in [1.29, 1.82) is 0 Å². The Morgan fingerprint density at radius 2 is 0.590 bits per heavy atom. The van der Waals surface area contributed by atoms with E-state index in [0.29, 0.717) is 42.7 Å². The Hall–Kier alpha value is -1.38. The van der Waals surface area contributed by atoms with Gasteiger partial charge in [0.15, 0.2) is 5.78 Å². The number of carbonyl (C=O) groups is 4. The average Bonchev–Trinajstić information content (AvgIpc) is 3.44. The normalized spacial score (nSPS) is 10.3. The molecule has 0 spiro atoms. The van der Waals surface area contributed by atoms with Gasteiger partial charge >= 0.3 is 5.97 Å². The van der Waals surface area contributed by atoms with Gasteiger partial charge in [0.2, 0.25) is 10.5 Å². The molecule has 0 aliphatic rings. The second kappa shape index (κ2) is 66.4. The molecule has 0 aliphatic heterocycles. The second-order valence-corrected chi connectivity index (χ2v) is 23.6. The number of ketones is 1. The highest BCUT2D eigenvalue weighted by Crippen LogP contribution is 2.26. The molecule has 0 unspecified atom stereocenters. The molecule has 0 saturated heterocycles. The highest BCUT2D eigenvalue weighted by molar-refractivity contribution is 9.09. The summed E-state index contributed by atoms with van der Waals surface area (Å²) in [4.78, 5) is 43.5. The Morgan fingerprint density at radius 3 is 0.833 bits per heavy atom. The maximum Gasteiger partial charge on any atom is 0.303 e. The van der Waals surface area contributed by atoms with Crippen molar-refractivity contribution in [2.24, 2.45) is 0 Å². The quantitative estimate of drug-likeness (QED) is 0.0298. The number of benzene rings is 2. The molecule has 0 radical (unpaired) electrons. The van der Waals surface area contributed by atoms with E-state index in [2.05, 4.69) is 63.7 Å². The number of hydrogen-bond acceptors (Lipinski definition) is 8. The zero-order valence-electron chi connectivity index (χ0n) is 48.9. The van der Waals surface area contributed by atoms with Crippen LogP contribution in [0.25, 0.3) is 0 Å². The Balaban J connectivity index is -0.000000924. The van der Waals surface area contributed by atoms with Gasteiger partial charge in [0.1, 0.15) is 23.0 Å². The Morgan fingerprint density at radius 1 is 0.346 bits per heavy atom. The minimum Gasteiger partial charge on any atom is -0.497 e. The first kappa shape index (κ1) is 80.8. The van der Waals surface area contributed by atoms with E-state index in [1.807, 2.05) is 30.3 Å². The number of hydrogen-bond donors (Lipinski definition) is 1. The number of alkyl halides is 4. The largest absolute Gasteiger partial charge is 0.497 e. The molecule has 15 heteroatoms. The number of Topliss-reactive ketones (excluding diaryl/α,β-unsaturated/α-hetero) is 1. The molecule has 0 bridgehead atoms. The van der Waals surface area contributed by atoms with Crippen molar-refractivity contribution in [1.82, 2.24) is 0 Å². The fourth-order valence-corrected chi connectivity index (χ4v) is 9.97. The molecule has 2 aromatic carbocycles. The molecule has 0 saturated carbocycles. The van der Waals surface area contributed by atoms with Crippen molar-refractivity contribution in [3.05, 3.63) is 48.0 Å². The molecule has 0 amide bonds. The van der Waals surface area contributed by atoms with Gasteiger partial charge in [-0.05, 0) is 117 Å². The molecular formula is C63H106Br4Cl2O9. The van der Waals surface area contributed by atoms with Gasteiger partial charge in [-0.3, -0.25) is 19.2 Å². The average molecular weight is 1400 g/mol. The number of ether oxygens (including phenoxy) is 4. The minimum atomic E-state index is -0.662. The molecular weight excluding hydrogens is 1290 g/mol. The van der Waals surface area contributed by atoms with Crippen LogP contribution in [-0.2, 0) is 14.4 Å². The zero-order valence-corrected chi connectivity index (χ0v) is 56.8. The summed E-state index contributed by atoms with van der Waals surface area (Å²) in [5.74, 6) is 2.49. The van der Waals surface area contributed by atoms with E-state index < -0.39 is 5.97 Å². The van der Waals surface area contributed by atoms with Gasteiger partial charge in [-0.25, -0.2) is 0 Å². The van der Waals surface area contributed by atoms with Gasteiger partial charge in [-0.15, -0.1) is 0 Å². The van der Waals surface area contributed by atoms with E-state index in [-0.39, 0.29) is 16.3 Å². The van der Waals surface area contributed by atoms with E-state index in [0.717, 1.165) is 84.2 Å². The van der Waals surface area contributed by atoms with Crippen LogP contribution in [0, 0.1) is 0 Å². The molecule has 9 nitrogen and oxygen atoms in total. The lowest BCUT2D eigenvalue weighted by atomic mass is 10.0. The first-order valence-electron chi connectivity index (χ1n) is 29.7. The maximum absolute atomic E-state index is 12.4. The molecule has 2 rings (SSSR count). The number of carbonyl (C=O) groups excluding carboxylic acids is 3. The zero-order chi connectivity index (χ0) is 58.4. The van der Waals surface area contributed by atoms with Crippen LogP contribution in [0.5, 0.6) is 23.0 Å². The van der Waals surface area contributed by atoms with E-state index in [9.17, 15) is 19.2 Å². The van der Waals surface area contributed by atoms with Crippen molar-refractivity contribution < 1.29 is 43.2 Å². The van der Waals surface area contributed by atoms with E-state index in [1.165, 1.54) is 173 Å². The fraction of sp³-hybridized carbons (Fsp3) is 0.746. The number of halogens is 6. The first-order chi connectivity index (χ1) is 37.9. The summed E-state index contributed by atoms with van der Waals surface area (Å²) in [7, 11) is 6.48. The smallest absolute Gasteiger partial charge is 0.303 e. The predicted molar refractivity (Wildman–Crippen MR) is 348 cm³/mol. The lowest BCUT2D eigenvalue weighted by Crippen LogP contribution is -2.03. The topological polar surface area (TPSA) is 125 Å². The molecule has 0 aliphatic carbocycles. The molecule has 1 N–H and O–H groups in total. The van der Waals surface area contributed by atoms with Crippen LogP contribution in [0.3, 0.4) is 0 Å². The van der Waals surface area contributed by atoms with Crippen LogP contribution < -0.4 is 18.9 Å². The minimum absolute atomic E-state index is 0.137. The third kappa shape index (κ3) is 62.2. The van der Waals surface area contributed by atoms with Gasteiger partial charge in [0.25, 0.3) is 0 Å². The van der Waals surface area contributed by atoms with Gasteiger partial charge in [-0.1, -0.05) is 237 Å². The summed E-state index contributed by atoms with van der Waals surface area (Å²) in [6.45, 7) is 0. The molecule has 0 atom stereocenters. The van der Waals surface area contributed by atoms with Crippen molar-refractivity contribution in [2.45, 2.75) is 250 Å². The van der Waals surface area contributed by atoms with Crippen LogP contribution in [0.1, 0.15) is 261 Å². The van der Waals surface area contributed by atoms with Crippen molar-refractivity contribution in [3.63, 3.8) is 0 Å². The van der Waals surface area contributed by atoms with Crippen molar-refractivity contribution in [2.75, 3.05) is 49.8 Å². The molecule has 0 fully saturated rings. The van der Waals surface area contributed by atoms with E-state index in [4.69, 9.17) is 47.3 Å². The van der Waals surface area contributed by atoms with Crippen molar-refractivity contribution >= 4 is 109 Å². The SMILES string of the molecule is COc1ccc(OC)c(C(=O)CCCCCCCCCCBr)c1.COc1ccc(OC)cc1.O=C(Cl)CCCCCCCCCCCBr.O=C(Cl)CCCCCCCCCCCBr.O=C(O)CCCCCCCCCCCBr. The molecule has 0 heterocycles. The maximum atomic E-state index is 12.4. The molecule has 2 aromatic rings. The van der Waals surface area contributed by atoms with Crippen LogP contribution in [0.15, 0.2) is 42.5 Å². The Bertz CT molecular complexity index is 1520. The number of unbranched alkanes of at least 4 members (excludes halogenated alkanes) is 31. The summed E-state index contributed by atoms with van der Waals surface area (Å²) >= 11 is 24.2. The summed E-state index contributed by atoms with van der Waals surface area (Å²) < 4.78 is 20.4. The molecule has 454 valence electrons. The monoisotopic (exact) mass is 1390 g/mol. The number of aliphatic carboxylic acids is 1. The lowest BCUT2D eigenvalue weighted by Gasteiger charge is -2.09. The highest BCUT2D eigenvalue weighted by Gasteiger charge is 2.13. The third-order valence-corrected chi connectivity index (χ3v) is 15.4. The standard InChI is InChI=1S/C19H29BrO3.2C12H22BrClO.C12H23BrO2.C8H10O2/c1-22-16-12-13-19(23-2)17(15-16)18(21)11-9-7-5-3-4-6-8-10-14-20;3*13-11-9-7-5-3-1-2-4-6-8-10-12(14)15;1-9-7-3-5-8(10-2)6-4-7/h12-13,15H,3-11,14H2,1-2H3;2*1-11H2;1-11H2,(H,14,15);3-6H,1-2H3. The van der Waals surface area contributed by atoms with Gasteiger partial charge in [0, 0.05) is 47.0 Å². The van der Waals surface area contributed by atoms with E-state index >= 15 is 0 Å². The highest BCUT2D eigenvalue weighted by atomic mass is 79.9. The summed E-state index contributed by atoms with van der Waals surface area (Å²) in [6.07, 6.45) is 45.6. The predicted octanol–water partition coefficient (Wildman–Crippen LogP) is 22.0. The van der Waals surface area contributed by atoms with Gasteiger partial charge in [-0.2, -0.15) is 0 Å². The van der Waals surface area contributed by atoms with Gasteiger partial charge in [0.05, 0.1) is 34.0 Å². The summed E-state index contributed by atoms with van der Waals surface area (Å²) in [6, 6.07) is 12.8. The molecule has 78 heavy (non-hydrogen) atoms. The number of carboxylic acids is 1. The number of rotatable bonds is 48. The van der Waals surface area contributed by atoms with Crippen LogP contribution in [0.4, 0.5) is 0 Å². The van der Waals surface area contributed by atoms with Crippen LogP contribution in [0.2, 0.25) is 0 Å². The molecule has 0 aromatic heterocycles. The fourth-order valence-electron chi connectivity index (χ4n) is 8.12. The number of methoxy groups -OCH3 is 4. The van der Waals surface area contributed by atoms with Crippen LogP contribution in [-0.4, -0.2) is 77.1 Å². The lowest BCUT2D eigenvalue weighted by molar-refractivity contribution is -0.137. The van der Waals surface area contributed by atoms with Gasteiger partial charge < -0.3 is 24.1 Å².